The highest BCUT2D eigenvalue weighted by Gasteiger charge is 2.20. The van der Waals surface area contributed by atoms with Gasteiger partial charge in [0.05, 0.1) is 0 Å². The summed E-state index contributed by atoms with van der Waals surface area (Å²) in [7, 11) is 0. The van der Waals surface area contributed by atoms with Gasteiger partial charge in [-0.3, -0.25) is 4.79 Å². The molecule has 0 radical (unpaired) electrons. The molecule has 1 aliphatic heterocycles. The molecule has 2 atom stereocenters. The average Bonchev–Trinajstić information content (AvgIpc) is 2.69. The van der Waals surface area contributed by atoms with Crippen LogP contribution in [0.1, 0.15) is 27.7 Å². The fraction of sp³-hybridized carbons (Fsp3) is 0.632. The van der Waals surface area contributed by atoms with Crippen molar-refractivity contribution in [2.75, 3.05) is 36.1 Å². The molecule has 29 heavy (non-hydrogen) atoms. The van der Waals surface area contributed by atoms with Crippen molar-refractivity contribution in [3.63, 3.8) is 0 Å². The predicted octanol–water partition coefficient (Wildman–Crippen LogP) is 3.86. The van der Waals surface area contributed by atoms with Crippen molar-refractivity contribution in [2.45, 2.75) is 38.6 Å². The zero-order valence-electron chi connectivity index (χ0n) is 17.6. The highest BCUT2D eigenvalue weighted by atomic mass is 32.2. The Morgan fingerprint density at radius 2 is 1.86 bits per heavy atom. The lowest BCUT2D eigenvalue weighted by atomic mass is 10.4. The zero-order valence-corrected chi connectivity index (χ0v) is 20.9. The van der Waals surface area contributed by atoms with E-state index in [1.165, 1.54) is 23.5 Å². The number of hydrogen-bond donors (Lipinski definition) is 2. The Kier molecular flexibility index (Phi) is 13.2. The smallest absolute Gasteiger partial charge is 0.214 e. The van der Waals surface area contributed by atoms with Gasteiger partial charge >= 0.3 is 0 Å². The Bertz CT molecular complexity index is 636. The van der Waals surface area contributed by atoms with E-state index < -0.39 is 5.44 Å². The van der Waals surface area contributed by atoms with E-state index in [-0.39, 0.29) is 10.6 Å². The van der Waals surface area contributed by atoms with E-state index in [9.17, 15) is 9.90 Å². The summed E-state index contributed by atoms with van der Waals surface area (Å²) in [6.07, 6.45) is 0. The molecule has 6 nitrogen and oxygen atoms in total. The molecule has 164 valence electrons. The van der Waals surface area contributed by atoms with Gasteiger partial charge in [-0.2, -0.15) is 0 Å². The quantitative estimate of drug-likeness (QED) is 0.190. The Hall–Kier alpha value is -0.550. The Balaban J connectivity index is 2.61. The summed E-state index contributed by atoms with van der Waals surface area (Å²) in [5, 5.41) is 14.0. The van der Waals surface area contributed by atoms with Crippen LogP contribution in [0.15, 0.2) is 34.3 Å². The predicted molar refractivity (Wildman–Crippen MR) is 135 cm³/mol. The summed E-state index contributed by atoms with van der Waals surface area (Å²) < 4.78 is 0. The van der Waals surface area contributed by atoms with Crippen LogP contribution in [0.2, 0.25) is 0 Å². The number of aliphatic hydroxyl groups is 1. The number of carbonyl (C=O) groups excluding carboxylic acids is 1. The molecule has 0 aromatic rings. The van der Waals surface area contributed by atoms with Crippen LogP contribution in [0.5, 0.6) is 0 Å². The van der Waals surface area contributed by atoms with Crippen molar-refractivity contribution in [1.29, 1.82) is 0 Å². The van der Waals surface area contributed by atoms with Gasteiger partial charge < -0.3 is 15.3 Å². The number of aliphatic hydroxyl groups excluding tert-OH is 1. The maximum absolute atomic E-state index is 11.7. The number of aliphatic imine (C=N–C) groups is 2. The lowest BCUT2D eigenvalue weighted by Crippen LogP contribution is -2.46. The second-order valence-corrected chi connectivity index (χ2v) is 10.7. The molecule has 0 bridgehead atoms. The van der Waals surface area contributed by atoms with Crippen molar-refractivity contribution in [3.05, 3.63) is 24.3 Å². The summed E-state index contributed by atoms with van der Waals surface area (Å²) in [5.41, 5.74) is 0.618. The number of thioether (sulfide) groups is 4. The number of carbonyl (C=O) groups is 1. The summed E-state index contributed by atoms with van der Waals surface area (Å²) in [6.45, 7) is 16.9. The van der Waals surface area contributed by atoms with E-state index in [4.69, 9.17) is 9.98 Å². The normalized spacial score (nSPS) is 17.1. The first kappa shape index (κ1) is 26.5. The topological polar surface area (TPSA) is 77.3 Å². The van der Waals surface area contributed by atoms with Crippen LogP contribution in [0, 0.1) is 0 Å². The number of nitrogens with zero attached hydrogens (tertiary/aromatic N) is 3. The van der Waals surface area contributed by atoms with Crippen LogP contribution in [-0.4, -0.2) is 73.3 Å². The minimum atomic E-state index is -0.521. The Labute approximate surface area is 191 Å². The molecule has 0 saturated heterocycles. The van der Waals surface area contributed by atoms with Crippen LogP contribution in [-0.2, 0) is 4.79 Å². The highest BCUT2D eigenvalue weighted by molar-refractivity contribution is 8.17. The second-order valence-electron chi connectivity index (χ2n) is 6.22. The van der Waals surface area contributed by atoms with Crippen LogP contribution in [0.4, 0.5) is 0 Å². The fourth-order valence-corrected chi connectivity index (χ4v) is 5.62. The molecule has 0 aliphatic carbocycles. The minimum absolute atomic E-state index is 0.0393. The van der Waals surface area contributed by atoms with Gasteiger partial charge in [-0.15, -0.1) is 23.5 Å². The number of nitrogens with one attached hydrogen (secondary N) is 1. The third kappa shape index (κ3) is 10.3. The third-order valence-electron chi connectivity index (χ3n) is 3.69. The van der Waals surface area contributed by atoms with E-state index in [0.717, 1.165) is 47.0 Å². The van der Waals surface area contributed by atoms with Gasteiger partial charge in [0, 0.05) is 36.1 Å². The first-order chi connectivity index (χ1) is 13.8. The molecule has 0 spiro atoms. The maximum atomic E-state index is 11.7. The molecule has 2 unspecified atom stereocenters. The molecular formula is C19H32N4O2S4. The Morgan fingerprint density at radius 1 is 1.17 bits per heavy atom. The molecule has 10 heteroatoms. The average molecular weight is 477 g/mol. The third-order valence-corrected chi connectivity index (χ3v) is 8.23. The monoisotopic (exact) mass is 476 g/mol. The highest BCUT2D eigenvalue weighted by Crippen LogP contribution is 2.23. The minimum Gasteiger partial charge on any atom is -0.378 e. The second kappa shape index (κ2) is 14.5. The number of amidine groups is 1. The van der Waals surface area contributed by atoms with Gasteiger partial charge in [0.15, 0.2) is 10.7 Å². The molecule has 0 amide bonds. The lowest BCUT2D eigenvalue weighted by Gasteiger charge is -2.28. The number of guanidine groups is 1. The van der Waals surface area contributed by atoms with Crippen LogP contribution in [0.3, 0.4) is 0 Å². The van der Waals surface area contributed by atoms with E-state index >= 15 is 0 Å². The molecule has 0 aromatic carbocycles. The van der Waals surface area contributed by atoms with Crippen LogP contribution < -0.4 is 5.32 Å². The van der Waals surface area contributed by atoms with Crippen LogP contribution in [0.25, 0.3) is 0 Å². The molecule has 0 saturated carbocycles. The molecule has 1 rings (SSSR count). The first-order valence-corrected chi connectivity index (χ1v) is 13.5. The SMILES string of the molecule is C=C(C)C(=O)SCCSC1=NC(SCCSC(O)C(=C)C)N=C(N(CC)CC)N1. The number of hydrogen-bond acceptors (Lipinski definition) is 10. The summed E-state index contributed by atoms with van der Waals surface area (Å²) in [5.74, 6) is 3.96. The molecule has 1 heterocycles. The van der Waals surface area contributed by atoms with Gasteiger partial charge in [0.1, 0.15) is 5.44 Å². The Morgan fingerprint density at radius 3 is 2.45 bits per heavy atom. The molecule has 0 fully saturated rings. The summed E-state index contributed by atoms with van der Waals surface area (Å²) in [6, 6.07) is 0. The first-order valence-electron chi connectivity index (χ1n) is 9.48. The van der Waals surface area contributed by atoms with Crippen molar-refractivity contribution in [2.24, 2.45) is 9.98 Å². The van der Waals surface area contributed by atoms with Crippen LogP contribution >= 0.6 is 47.0 Å². The maximum Gasteiger partial charge on any atom is 0.214 e. The van der Waals surface area contributed by atoms with Crippen molar-refractivity contribution in [3.8, 4) is 0 Å². The van der Waals surface area contributed by atoms with Gasteiger partial charge in [-0.25, -0.2) is 9.98 Å². The van der Waals surface area contributed by atoms with E-state index in [1.54, 1.807) is 30.4 Å². The van der Waals surface area contributed by atoms with E-state index in [0.29, 0.717) is 11.3 Å². The van der Waals surface area contributed by atoms with Gasteiger partial charge in [-0.1, -0.05) is 36.7 Å². The lowest BCUT2D eigenvalue weighted by molar-refractivity contribution is -0.107. The van der Waals surface area contributed by atoms with E-state index in [2.05, 4.69) is 37.2 Å². The largest absolute Gasteiger partial charge is 0.378 e. The number of rotatable bonds is 12. The van der Waals surface area contributed by atoms with E-state index in [1.807, 2.05) is 6.92 Å². The molecule has 1 aliphatic rings. The van der Waals surface area contributed by atoms with Gasteiger partial charge in [-0.05, 0) is 38.8 Å². The standard InChI is InChI=1S/C19H32N4O2S4/c1-7-23(8-2)17-20-18(28-11-9-26-15(24)13(3)4)22-19(21-17)29-12-10-27-16(25)14(5)6/h15,18,24H,3,5,7-12H2,1-2,4,6H3,(H,20,21,22). The molecular weight excluding hydrogens is 445 g/mol. The molecule has 2 N–H and O–H groups in total. The van der Waals surface area contributed by atoms with Crippen molar-refractivity contribution in [1.82, 2.24) is 10.2 Å². The van der Waals surface area contributed by atoms with Crippen molar-refractivity contribution < 1.29 is 9.90 Å². The molecule has 0 aromatic heterocycles. The zero-order chi connectivity index (χ0) is 21.8. The van der Waals surface area contributed by atoms with Crippen molar-refractivity contribution >= 4 is 63.3 Å². The van der Waals surface area contributed by atoms with Gasteiger partial charge in [0.2, 0.25) is 11.1 Å². The fourth-order valence-electron chi connectivity index (χ4n) is 2.08. The summed E-state index contributed by atoms with van der Waals surface area (Å²) >= 11 is 6.03. The van der Waals surface area contributed by atoms with Gasteiger partial charge in [0.25, 0.3) is 0 Å². The summed E-state index contributed by atoms with van der Waals surface area (Å²) in [4.78, 5) is 23.3.